The molecule has 1 aromatic rings. The maximum atomic E-state index is 11.5. The molecule has 0 atom stereocenters. The molecule has 5 nitrogen and oxygen atoms in total. The summed E-state index contributed by atoms with van der Waals surface area (Å²) in [6.45, 7) is 0.907. The van der Waals surface area contributed by atoms with Crippen LogP contribution in [0.15, 0.2) is 23.1 Å². The fourth-order valence-electron chi connectivity index (χ4n) is 1.42. The number of nitrogens with one attached hydrogen (secondary N) is 1. The van der Waals surface area contributed by atoms with Gasteiger partial charge in [-0.3, -0.25) is 9.59 Å². The van der Waals surface area contributed by atoms with Gasteiger partial charge in [0.05, 0.1) is 12.3 Å². The lowest BCUT2D eigenvalue weighted by Gasteiger charge is -2.08. The Morgan fingerprint density at radius 2 is 2.28 bits per heavy atom. The van der Waals surface area contributed by atoms with Gasteiger partial charge in [0, 0.05) is 38.2 Å². The van der Waals surface area contributed by atoms with E-state index in [0.29, 0.717) is 37.6 Å². The van der Waals surface area contributed by atoms with Crippen LogP contribution in [-0.2, 0) is 16.1 Å². The fraction of sp³-hybridized carbons (Fsp3) is 0.500. The first-order chi connectivity index (χ1) is 8.67. The predicted octanol–water partition coefficient (Wildman–Crippen LogP) is 1.45. The molecule has 1 rings (SSSR count). The summed E-state index contributed by atoms with van der Waals surface area (Å²) >= 11 is 5.51. The van der Waals surface area contributed by atoms with Crippen LogP contribution >= 0.6 is 11.6 Å². The Labute approximate surface area is 111 Å². The number of amides is 1. The molecule has 0 bridgehead atoms. The lowest BCUT2D eigenvalue weighted by molar-refractivity contribution is -0.116. The molecule has 0 fully saturated rings. The van der Waals surface area contributed by atoms with Crippen molar-refractivity contribution in [3.05, 3.63) is 28.7 Å². The van der Waals surface area contributed by atoms with Gasteiger partial charge < -0.3 is 14.6 Å². The van der Waals surface area contributed by atoms with Gasteiger partial charge in [0.2, 0.25) is 5.91 Å². The number of nitrogens with zero attached hydrogens (tertiary/aromatic N) is 1. The second kappa shape index (κ2) is 7.89. The number of aromatic nitrogens is 1. The van der Waals surface area contributed by atoms with Crippen molar-refractivity contribution >= 4 is 23.2 Å². The molecule has 18 heavy (non-hydrogen) atoms. The van der Waals surface area contributed by atoms with Gasteiger partial charge in [0.25, 0.3) is 5.56 Å². The Morgan fingerprint density at radius 1 is 1.50 bits per heavy atom. The van der Waals surface area contributed by atoms with Crippen molar-refractivity contribution in [3.8, 4) is 0 Å². The van der Waals surface area contributed by atoms with Crippen LogP contribution in [0.25, 0.3) is 0 Å². The number of rotatable bonds is 7. The zero-order chi connectivity index (χ0) is 13.4. The molecule has 1 heterocycles. The number of anilines is 1. The van der Waals surface area contributed by atoms with E-state index in [4.69, 9.17) is 16.3 Å². The highest BCUT2D eigenvalue weighted by Gasteiger charge is 2.03. The highest BCUT2D eigenvalue weighted by molar-refractivity contribution is 6.18. The van der Waals surface area contributed by atoms with E-state index in [1.165, 1.54) is 10.6 Å². The van der Waals surface area contributed by atoms with Crippen molar-refractivity contribution < 1.29 is 9.53 Å². The van der Waals surface area contributed by atoms with Crippen molar-refractivity contribution in [2.45, 2.75) is 19.4 Å². The Hall–Kier alpha value is -1.33. The smallest absolute Gasteiger partial charge is 0.250 e. The standard InChI is InChI=1S/C12H17ClN2O3/c1-18-8-7-15-9-10(4-5-12(15)17)14-11(16)3-2-6-13/h4-5,9H,2-3,6-8H2,1H3,(H,14,16). The number of hydrogen-bond donors (Lipinski definition) is 1. The maximum absolute atomic E-state index is 11.5. The molecule has 0 aliphatic rings. The third-order valence-corrected chi connectivity index (χ3v) is 2.61. The summed E-state index contributed by atoms with van der Waals surface area (Å²) in [5.41, 5.74) is 0.482. The highest BCUT2D eigenvalue weighted by atomic mass is 35.5. The van der Waals surface area contributed by atoms with Crippen LogP contribution in [0, 0.1) is 0 Å². The molecular formula is C12H17ClN2O3. The number of methoxy groups -OCH3 is 1. The summed E-state index contributed by atoms with van der Waals surface area (Å²) in [4.78, 5) is 23.0. The van der Waals surface area contributed by atoms with Crippen molar-refractivity contribution in [2.75, 3.05) is 24.9 Å². The van der Waals surface area contributed by atoms with Gasteiger partial charge in [-0.25, -0.2) is 0 Å². The second-order valence-corrected chi connectivity index (χ2v) is 4.16. The van der Waals surface area contributed by atoms with Crippen LogP contribution in [0.4, 0.5) is 5.69 Å². The SMILES string of the molecule is COCCn1cc(NC(=O)CCCCl)ccc1=O. The van der Waals surface area contributed by atoms with Crippen molar-refractivity contribution in [1.82, 2.24) is 4.57 Å². The number of pyridine rings is 1. The average Bonchev–Trinajstić information content (AvgIpc) is 2.37. The summed E-state index contributed by atoms with van der Waals surface area (Å²) < 4.78 is 6.41. The third-order valence-electron chi connectivity index (χ3n) is 2.34. The largest absolute Gasteiger partial charge is 0.383 e. The molecule has 0 saturated heterocycles. The van der Waals surface area contributed by atoms with Crippen LogP contribution in [0.3, 0.4) is 0 Å². The zero-order valence-electron chi connectivity index (χ0n) is 10.3. The normalized spacial score (nSPS) is 10.3. The minimum Gasteiger partial charge on any atom is -0.383 e. The van der Waals surface area contributed by atoms with E-state index in [2.05, 4.69) is 5.32 Å². The molecule has 1 aromatic heterocycles. The number of alkyl halides is 1. The molecular weight excluding hydrogens is 256 g/mol. The van der Waals surface area contributed by atoms with Gasteiger partial charge in [0.1, 0.15) is 0 Å². The van der Waals surface area contributed by atoms with Gasteiger partial charge in [-0.1, -0.05) is 0 Å². The van der Waals surface area contributed by atoms with E-state index in [0.717, 1.165) is 0 Å². The summed E-state index contributed by atoms with van der Waals surface area (Å²) in [5, 5.41) is 2.72. The number of ether oxygens (including phenoxy) is 1. The van der Waals surface area contributed by atoms with E-state index in [9.17, 15) is 9.59 Å². The van der Waals surface area contributed by atoms with Crippen LogP contribution in [-0.4, -0.2) is 30.1 Å². The molecule has 0 aliphatic heterocycles. The Kier molecular flexibility index (Phi) is 6.46. The molecule has 6 heteroatoms. The van der Waals surface area contributed by atoms with Crippen molar-refractivity contribution in [3.63, 3.8) is 0 Å². The quantitative estimate of drug-likeness (QED) is 0.765. The Bertz CT molecular complexity index is 445. The average molecular weight is 273 g/mol. The molecule has 1 N–H and O–H groups in total. The Balaban J connectivity index is 2.66. The van der Waals surface area contributed by atoms with Crippen molar-refractivity contribution in [1.29, 1.82) is 0 Å². The maximum Gasteiger partial charge on any atom is 0.250 e. The zero-order valence-corrected chi connectivity index (χ0v) is 11.1. The number of carbonyl (C=O) groups excluding carboxylic acids is 1. The predicted molar refractivity (Wildman–Crippen MR) is 71.2 cm³/mol. The summed E-state index contributed by atoms with van der Waals surface area (Å²) in [5.74, 6) is 0.355. The number of carbonyl (C=O) groups is 1. The second-order valence-electron chi connectivity index (χ2n) is 3.78. The summed E-state index contributed by atoms with van der Waals surface area (Å²) in [6, 6.07) is 3.01. The van der Waals surface area contributed by atoms with Gasteiger partial charge in [0.15, 0.2) is 0 Å². The molecule has 0 unspecified atom stereocenters. The first kappa shape index (κ1) is 14.7. The molecule has 1 amide bonds. The van der Waals surface area contributed by atoms with Crippen molar-refractivity contribution in [2.24, 2.45) is 0 Å². The first-order valence-electron chi connectivity index (χ1n) is 5.72. The number of hydrogen-bond acceptors (Lipinski definition) is 3. The van der Waals surface area contributed by atoms with E-state index < -0.39 is 0 Å². The molecule has 100 valence electrons. The molecule has 0 radical (unpaired) electrons. The van der Waals surface area contributed by atoms with E-state index in [-0.39, 0.29) is 11.5 Å². The summed E-state index contributed by atoms with van der Waals surface area (Å²) in [6.07, 6.45) is 2.62. The highest BCUT2D eigenvalue weighted by Crippen LogP contribution is 2.05. The summed E-state index contributed by atoms with van der Waals surface area (Å²) in [7, 11) is 1.57. The third kappa shape index (κ3) is 4.89. The van der Waals surface area contributed by atoms with Gasteiger partial charge >= 0.3 is 0 Å². The van der Waals surface area contributed by atoms with E-state index in [1.54, 1.807) is 19.4 Å². The molecule has 0 aliphatic carbocycles. The van der Waals surface area contributed by atoms with Crippen LogP contribution in [0.5, 0.6) is 0 Å². The minimum absolute atomic E-state index is 0.104. The van der Waals surface area contributed by atoms with Gasteiger partial charge in [-0.05, 0) is 12.5 Å². The fourth-order valence-corrected chi connectivity index (χ4v) is 1.55. The molecule has 0 aromatic carbocycles. The van der Waals surface area contributed by atoms with Gasteiger partial charge in [-0.15, -0.1) is 11.6 Å². The van der Waals surface area contributed by atoms with E-state index >= 15 is 0 Å². The monoisotopic (exact) mass is 272 g/mol. The minimum atomic E-state index is -0.120. The van der Waals surface area contributed by atoms with E-state index in [1.807, 2.05) is 0 Å². The molecule has 0 saturated carbocycles. The van der Waals surface area contributed by atoms with Crippen LogP contribution < -0.4 is 10.9 Å². The molecule has 0 spiro atoms. The van der Waals surface area contributed by atoms with Crippen LogP contribution in [0.1, 0.15) is 12.8 Å². The lowest BCUT2D eigenvalue weighted by Crippen LogP contribution is -2.22. The Morgan fingerprint density at radius 3 is 2.94 bits per heavy atom. The first-order valence-corrected chi connectivity index (χ1v) is 6.26. The number of halogens is 1. The van der Waals surface area contributed by atoms with Gasteiger partial charge in [-0.2, -0.15) is 0 Å². The lowest BCUT2D eigenvalue weighted by atomic mass is 10.3. The topological polar surface area (TPSA) is 60.3 Å². The van der Waals surface area contributed by atoms with Crippen LogP contribution in [0.2, 0.25) is 0 Å².